The van der Waals surface area contributed by atoms with Crippen LogP contribution in [-0.4, -0.2) is 21.9 Å². The van der Waals surface area contributed by atoms with Gasteiger partial charge in [0.2, 0.25) is 5.89 Å². The fourth-order valence-corrected chi connectivity index (χ4v) is 1.71. The molecule has 3 N–H and O–H groups in total. The standard InChI is InChI=1S/C11H12ClN3O2/c12-8-4-2-1-3-7(8)10(13)11-14-9(5-6-16)15-17-11/h1-4,10,16H,5-6,13H2/t10-/m1/s1. The van der Waals surface area contributed by atoms with Crippen LogP contribution in [0, 0.1) is 0 Å². The molecule has 0 saturated heterocycles. The molecule has 0 bridgehead atoms. The van der Waals surface area contributed by atoms with Crippen LogP contribution < -0.4 is 5.73 Å². The van der Waals surface area contributed by atoms with Crippen molar-refractivity contribution < 1.29 is 9.63 Å². The highest BCUT2D eigenvalue weighted by molar-refractivity contribution is 6.31. The van der Waals surface area contributed by atoms with E-state index in [-0.39, 0.29) is 6.61 Å². The third-order valence-corrected chi connectivity index (χ3v) is 2.67. The number of benzene rings is 1. The number of rotatable bonds is 4. The monoisotopic (exact) mass is 253 g/mol. The first-order valence-corrected chi connectivity index (χ1v) is 5.53. The minimum atomic E-state index is -0.552. The Morgan fingerprint density at radius 2 is 2.18 bits per heavy atom. The zero-order valence-electron chi connectivity index (χ0n) is 9.01. The summed E-state index contributed by atoms with van der Waals surface area (Å²) in [5.74, 6) is 0.728. The van der Waals surface area contributed by atoms with Gasteiger partial charge in [-0.15, -0.1) is 0 Å². The van der Waals surface area contributed by atoms with Crippen molar-refractivity contribution in [3.8, 4) is 0 Å². The van der Waals surface area contributed by atoms with Gasteiger partial charge in [-0.1, -0.05) is 35.0 Å². The smallest absolute Gasteiger partial charge is 0.248 e. The Kier molecular flexibility index (Phi) is 3.73. The summed E-state index contributed by atoms with van der Waals surface area (Å²) >= 11 is 6.03. The van der Waals surface area contributed by atoms with Crippen molar-refractivity contribution in [1.82, 2.24) is 10.1 Å². The van der Waals surface area contributed by atoms with Crippen LogP contribution in [0.4, 0.5) is 0 Å². The molecule has 2 aromatic rings. The van der Waals surface area contributed by atoms with Crippen LogP contribution >= 0.6 is 11.6 Å². The molecule has 1 atom stereocenters. The second kappa shape index (κ2) is 5.27. The van der Waals surface area contributed by atoms with Crippen molar-refractivity contribution in [2.75, 3.05) is 6.61 Å². The van der Waals surface area contributed by atoms with E-state index in [1.54, 1.807) is 6.07 Å². The van der Waals surface area contributed by atoms with Gasteiger partial charge in [0, 0.05) is 11.4 Å². The number of halogens is 1. The Balaban J connectivity index is 2.24. The van der Waals surface area contributed by atoms with Crippen LogP contribution in [0.3, 0.4) is 0 Å². The molecule has 0 spiro atoms. The molecule has 6 heteroatoms. The van der Waals surface area contributed by atoms with Gasteiger partial charge >= 0.3 is 0 Å². The average molecular weight is 254 g/mol. The first-order valence-electron chi connectivity index (χ1n) is 5.15. The lowest BCUT2D eigenvalue weighted by molar-refractivity contribution is 0.292. The van der Waals surface area contributed by atoms with Crippen molar-refractivity contribution in [2.45, 2.75) is 12.5 Å². The van der Waals surface area contributed by atoms with E-state index in [2.05, 4.69) is 10.1 Å². The Morgan fingerprint density at radius 3 is 2.88 bits per heavy atom. The molecule has 0 saturated carbocycles. The highest BCUT2D eigenvalue weighted by atomic mass is 35.5. The molecule has 0 fully saturated rings. The van der Waals surface area contributed by atoms with Gasteiger partial charge in [-0.2, -0.15) is 4.98 Å². The molecule has 90 valence electrons. The summed E-state index contributed by atoms with van der Waals surface area (Å²) in [6.45, 7) is -0.0275. The molecule has 0 radical (unpaired) electrons. The fraction of sp³-hybridized carbons (Fsp3) is 0.273. The molecule has 1 aromatic heterocycles. The van der Waals surface area contributed by atoms with Crippen molar-refractivity contribution in [2.24, 2.45) is 5.73 Å². The highest BCUT2D eigenvalue weighted by Gasteiger charge is 2.18. The van der Waals surface area contributed by atoms with E-state index < -0.39 is 6.04 Å². The van der Waals surface area contributed by atoms with Gasteiger partial charge in [-0.25, -0.2) is 0 Å². The summed E-state index contributed by atoms with van der Waals surface area (Å²) in [5.41, 5.74) is 6.71. The van der Waals surface area contributed by atoms with Crippen molar-refractivity contribution in [3.05, 3.63) is 46.6 Å². The molecule has 0 unspecified atom stereocenters. The summed E-state index contributed by atoms with van der Waals surface area (Å²) in [4.78, 5) is 4.10. The summed E-state index contributed by atoms with van der Waals surface area (Å²) in [7, 11) is 0. The predicted molar refractivity (Wildman–Crippen MR) is 62.6 cm³/mol. The summed E-state index contributed by atoms with van der Waals surface area (Å²) in [5, 5.41) is 13.0. The number of nitrogens with two attached hydrogens (primary N) is 1. The lowest BCUT2D eigenvalue weighted by Gasteiger charge is -2.08. The zero-order valence-corrected chi connectivity index (χ0v) is 9.76. The highest BCUT2D eigenvalue weighted by Crippen LogP contribution is 2.25. The number of aliphatic hydroxyl groups excluding tert-OH is 1. The topological polar surface area (TPSA) is 85.2 Å². The minimum absolute atomic E-state index is 0.0275. The molecule has 0 aliphatic rings. The fourth-order valence-electron chi connectivity index (χ4n) is 1.46. The molecule has 0 amide bonds. The van der Waals surface area contributed by atoms with Gasteiger partial charge in [0.25, 0.3) is 0 Å². The van der Waals surface area contributed by atoms with Crippen LogP contribution in [0.2, 0.25) is 5.02 Å². The normalized spacial score (nSPS) is 12.6. The number of aliphatic hydroxyl groups is 1. The quantitative estimate of drug-likeness (QED) is 0.858. The molecule has 0 aliphatic carbocycles. The largest absolute Gasteiger partial charge is 0.396 e. The van der Waals surface area contributed by atoms with E-state index in [9.17, 15) is 0 Å². The zero-order chi connectivity index (χ0) is 12.3. The second-order valence-electron chi connectivity index (χ2n) is 3.52. The lowest BCUT2D eigenvalue weighted by atomic mass is 10.1. The maximum absolute atomic E-state index is 8.75. The van der Waals surface area contributed by atoms with Crippen LogP contribution in [-0.2, 0) is 6.42 Å². The van der Waals surface area contributed by atoms with Gasteiger partial charge in [0.15, 0.2) is 5.82 Å². The molecule has 0 aliphatic heterocycles. The van der Waals surface area contributed by atoms with Gasteiger partial charge < -0.3 is 15.4 Å². The number of hydrogen-bond donors (Lipinski definition) is 2. The van der Waals surface area contributed by atoms with E-state index in [1.165, 1.54) is 0 Å². The molecule has 17 heavy (non-hydrogen) atoms. The van der Waals surface area contributed by atoms with E-state index >= 15 is 0 Å². The van der Waals surface area contributed by atoms with E-state index in [0.717, 1.165) is 5.56 Å². The molecular weight excluding hydrogens is 242 g/mol. The average Bonchev–Trinajstić information content (AvgIpc) is 2.78. The van der Waals surface area contributed by atoms with Gasteiger partial charge in [0.1, 0.15) is 6.04 Å². The Bertz CT molecular complexity index is 501. The Hall–Kier alpha value is -1.43. The van der Waals surface area contributed by atoms with Crippen molar-refractivity contribution >= 4 is 11.6 Å². The minimum Gasteiger partial charge on any atom is -0.396 e. The number of aromatic nitrogens is 2. The first kappa shape index (κ1) is 12.0. The third kappa shape index (κ3) is 2.63. The molecule has 1 heterocycles. The van der Waals surface area contributed by atoms with Crippen molar-refractivity contribution in [1.29, 1.82) is 0 Å². The molecule has 1 aromatic carbocycles. The Morgan fingerprint density at radius 1 is 1.41 bits per heavy atom. The summed E-state index contributed by atoms with van der Waals surface area (Å²) in [6, 6.07) is 6.67. The number of nitrogens with zero attached hydrogens (tertiary/aromatic N) is 2. The van der Waals surface area contributed by atoms with Crippen LogP contribution in [0.5, 0.6) is 0 Å². The van der Waals surface area contributed by atoms with E-state index in [4.69, 9.17) is 27.0 Å². The maximum atomic E-state index is 8.75. The van der Waals surface area contributed by atoms with Crippen LogP contribution in [0.1, 0.15) is 23.3 Å². The molecular formula is C11H12ClN3O2. The van der Waals surface area contributed by atoms with E-state index in [1.807, 2.05) is 18.2 Å². The summed E-state index contributed by atoms with van der Waals surface area (Å²) in [6.07, 6.45) is 0.346. The van der Waals surface area contributed by atoms with Gasteiger partial charge in [0.05, 0.1) is 6.61 Å². The van der Waals surface area contributed by atoms with Crippen molar-refractivity contribution in [3.63, 3.8) is 0 Å². The lowest BCUT2D eigenvalue weighted by Crippen LogP contribution is -2.13. The molecule has 5 nitrogen and oxygen atoms in total. The van der Waals surface area contributed by atoms with Crippen LogP contribution in [0.15, 0.2) is 28.8 Å². The summed E-state index contributed by atoms with van der Waals surface area (Å²) < 4.78 is 5.03. The van der Waals surface area contributed by atoms with Crippen LogP contribution in [0.25, 0.3) is 0 Å². The number of hydrogen-bond acceptors (Lipinski definition) is 5. The van der Waals surface area contributed by atoms with Gasteiger partial charge in [-0.3, -0.25) is 0 Å². The predicted octanol–water partition coefficient (Wildman–Crippen LogP) is 1.31. The first-order chi connectivity index (χ1) is 8.22. The third-order valence-electron chi connectivity index (χ3n) is 2.33. The SMILES string of the molecule is N[C@@H](c1nc(CCO)no1)c1ccccc1Cl. The molecule has 2 rings (SSSR count). The van der Waals surface area contributed by atoms with E-state index in [0.29, 0.717) is 23.2 Å². The van der Waals surface area contributed by atoms with Gasteiger partial charge in [-0.05, 0) is 11.6 Å². The second-order valence-corrected chi connectivity index (χ2v) is 3.93. The maximum Gasteiger partial charge on any atom is 0.248 e. The Labute approximate surface area is 103 Å².